The van der Waals surface area contributed by atoms with Crippen molar-refractivity contribution in [1.29, 1.82) is 0 Å². The highest BCUT2D eigenvalue weighted by Gasteiger charge is 2.25. The Kier molecular flexibility index (Phi) is 7.41. The number of ether oxygens (including phenoxy) is 1. The first-order chi connectivity index (χ1) is 16.9. The number of rotatable bonds is 8. The van der Waals surface area contributed by atoms with Gasteiger partial charge in [-0.25, -0.2) is 9.78 Å². The number of anilines is 1. The highest BCUT2D eigenvalue weighted by molar-refractivity contribution is 7.20. The summed E-state index contributed by atoms with van der Waals surface area (Å²) in [7, 11) is 0. The van der Waals surface area contributed by atoms with Gasteiger partial charge < -0.3 is 10.1 Å². The lowest BCUT2D eigenvalue weighted by Crippen LogP contribution is -2.33. The molecule has 0 saturated heterocycles. The number of benzene rings is 2. The number of nitrogens with zero attached hydrogens (tertiary/aromatic N) is 2. The first kappa shape index (κ1) is 24.3. The van der Waals surface area contributed by atoms with E-state index in [1.54, 1.807) is 6.92 Å². The average Bonchev–Trinajstić information content (AvgIpc) is 3.22. The number of hydrogen-bond donors (Lipinski definition) is 1. The highest BCUT2D eigenvalue weighted by atomic mass is 32.1. The Bertz CT molecular complexity index is 1410. The maximum atomic E-state index is 13.4. The Morgan fingerprint density at radius 3 is 2.43 bits per heavy atom. The van der Waals surface area contributed by atoms with Crippen LogP contribution in [-0.4, -0.2) is 21.4 Å². The van der Waals surface area contributed by atoms with E-state index in [1.165, 1.54) is 16.5 Å². The smallest absolute Gasteiger partial charge is 0.349 e. The van der Waals surface area contributed by atoms with Crippen LogP contribution in [0.15, 0.2) is 65.7 Å². The van der Waals surface area contributed by atoms with Crippen molar-refractivity contribution in [2.45, 2.75) is 46.3 Å². The predicted octanol–water partition coefficient (Wildman–Crippen LogP) is 5.28. The van der Waals surface area contributed by atoms with E-state index in [1.807, 2.05) is 61.5 Å². The second-order valence-electron chi connectivity index (χ2n) is 8.22. The molecule has 0 fully saturated rings. The van der Waals surface area contributed by atoms with Crippen LogP contribution in [-0.2, 0) is 22.6 Å². The second-order valence-corrected chi connectivity index (χ2v) is 9.22. The monoisotopic (exact) mass is 489 g/mol. The summed E-state index contributed by atoms with van der Waals surface area (Å²) in [5, 5.41) is 3.23. The van der Waals surface area contributed by atoms with Crippen molar-refractivity contribution in [1.82, 2.24) is 9.55 Å². The summed E-state index contributed by atoms with van der Waals surface area (Å²) < 4.78 is 6.80. The molecule has 8 heteroatoms. The van der Waals surface area contributed by atoms with E-state index in [-0.39, 0.29) is 18.1 Å². The van der Waals surface area contributed by atoms with Gasteiger partial charge in [0.25, 0.3) is 5.56 Å². The summed E-state index contributed by atoms with van der Waals surface area (Å²) in [4.78, 5) is 44.4. The van der Waals surface area contributed by atoms with Crippen molar-refractivity contribution in [2.75, 3.05) is 5.32 Å². The Labute approximate surface area is 207 Å². The number of amides is 1. The van der Waals surface area contributed by atoms with Gasteiger partial charge >= 0.3 is 5.97 Å². The zero-order chi connectivity index (χ0) is 24.9. The predicted molar refractivity (Wildman–Crippen MR) is 138 cm³/mol. The Morgan fingerprint density at radius 1 is 1.06 bits per heavy atom. The molecule has 1 N–H and O–H groups in total. The van der Waals surface area contributed by atoms with Gasteiger partial charge in [-0.2, -0.15) is 0 Å². The van der Waals surface area contributed by atoms with Crippen LogP contribution < -0.4 is 10.9 Å². The van der Waals surface area contributed by atoms with E-state index in [4.69, 9.17) is 4.74 Å². The molecule has 1 amide bonds. The number of nitrogens with one attached hydrogen (secondary N) is 1. The van der Waals surface area contributed by atoms with Crippen LogP contribution in [0.3, 0.4) is 0 Å². The molecule has 2 aromatic heterocycles. The van der Waals surface area contributed by atoms with E-state index in [9.17, 15) is 14.4 Å². The van der Waals surface area contributed by atoms with E-state index in [0.717, 1.165) is 23.3 Å². The fraction of sp³-hybridized carbons (Fsp3) is 0.259. The SMILES string of the molecule is CCc1ccc(NC(=O)C(CC)n2cnc3sc(C(=O)OCc4ccccc4)c(C)c3c2=O)cc1. The van der Waals surface area contributed by atoms with Crippen molar-refractivity contribution in [3.05, 3.63) is 92.8 Å². The van der Waals surface area contributed by atoms with Crippen molar-refractivity contribution in [3.63, 3.8) is 0 Å². The molecular formula is C27H27N3O4S. The molecule has 2 heterocycles. The number of hydrogen-bond acceptors (Lipinski definition) is 6. The van der Waals surface area contributed by atoms with Crippen molar-refractivity contribution >= 4 is 39.1 Å². The zero-order valence-corrected chi connectivity index (χ0v) is 20.7. The van der Waals surface area contributed by atoms with Gasteiger partial charge in [-0.3, -0.25) is 14.2 Å². The molecule has 35 heavy (non-hydrogen) atoms. The number of carbonyl (C=O) groups excluding carboxylic acids is 2. The topological polar surface area (TPSA) is 90.3 Å². The highest BCUT2D eigenvalue weighted by Crippen LogP contribution is 2.28. The Balaban J connectivity index is 1.58. The van der Waals surface area contributed by atoms with Crippen LogP contribution in [0.5, 0.6) is 0 Å². The summed E-state index contributed by atoms with van der Waals surface area (Å²) >= 11 is 1.12. The number of aromatic nitrogens is 2. The minimum absolute atomic E-state index is 0.141. The minimum atomic E-state index is -0.738. The number of carbonyl (C=O) groups is 2. The Hall–Kier alpha value is -3.78. The molecule has 0 saturated carbocycles. The van der Waals surface area contributed by atoms with Gasteiger partial charge in [0.1, 0.15) is 22.4 Å². The third-order valence-corrected chi connectivity index (χ3v) is 7.11. The second kappa shape index (κ2) is 10.7. The molecule has 4 rings (SSSR count). The largest absolute Gasteiger partial charge is 0.457 e. The van der Waals surface area contributed by atoms with E-state index in [2.05, 4.69) is 17.2 Å². The van der Waals surface area contributed by atoms with Crippen molar-refractivity contribution < 1.29 is 14.3 Å². The third kappa shape index (κ3) is 5.17. The van der Waals surface area contributed by atoms with Crippen molar-refractivity contribution in [3.8, 4) is 0 Å². The first-order valence-electron chi connectivity index (χ1n) is 11.5. The summed E-state index contributed by atoms with van der Waals surface area (Å²) in [6, 6.07) is 16.3. The number of thiophene rings is 1. The van der Waals surface area contributed by atoms with Crippen LogP contribution in [0.25, 0.3) is 10.2 Å². The standard InChI is InChI=1S/C27H27N3O4S/c1-4-18-11-13-20(14-12-18)29-24(31)21(5-2)30-16-28-25-22(26(30)32)17(3)23(35-25)27(33)34-15-19-9-7-6-8-10-19/h6-14,16,21H,4-5,15H2,1-3H3,(H,29,31). The zero-order valence-electron chi connectivity index (χ0n) is 19.9. The van der Waals surface area contributed by atoms with Crippen LogP contribution >= 0.6 is 11.3 Å². The molecular weight excluding hydrogens is 462 g/mol. The van der Waals surface area contributed by atoms with Crippen molar-refractivity contribution in [2.24, 2.45) is 0 Å². The normalized spacial score (nSPS) is 11.9. The molecule has 4 aromatic rings. The van der Waals surface area contributed by atoms with E-state index in [0.29, 0.717) is 32.8 Å². The number of esters is 1. The average molecular weight is 490 g/mol. The summed E-state index contributed by atoms with van der Waals surface area (Å²) in [5.74, 6) is -0.795. The van der Waals surface area contributed by atoms with E-state index >= 15 is 0 Å². The summed E-state index contributed by atoms with van der Waals surface area (Å²) in [6.45, 7) is 5.76. The van der Waals surface area contributed by atoms with Crippen LogP contribution in [0.1, 0.15) is 52.7 Å². The molecule has 0 aliphatic carbocycles. The third-order valence-electron chi connectivity index (χ3n) is 5.93. The lowest BCUT2D eigenvalue weighted by Gasteiger charge is -2.17. The molecule has 0 spiro atoms. The molecule has 2 aromatic carbocycles. The van der Waals surface area contributed by atoms with E-state index < -0.39 is 12.0 Å². The Morgan fingerprint density at radius 2 is 1.77 bits per heavy atom. The molecule has 1 atom stereocenters. The maximum Gasteiger partial charge on any atom is 0.349 e. The van der Waals surface area contributed by atoms with Gasteiger partial charge in [0.15, 0.2) is 0 Å². The minimum Gasteiger partial charge on any atom is -0.457 e. The molecule has 1 unspecified atom stereocenters. The number of aryl methyl sites for hydroxylation is 2. The van der Waals surface area contributed by atoms with Crippen LogP contribution in [0.4, 0.5) is 5.69 Å². The lowest BCUT2D eigenvalue weighted by molar-refractivity contribution is -0.119. The van der Waals surface area contributed by atoms with Gasteiger partial charge in [-0.15, -0.1) is 11.3 Å². The molecule has 180 valence electrons. The molecule has 0 aliphatic rings. The molecule has 0 radical (unpaired) electrons. The van der Waals surface area contributed by atoms with Gasteiger partial charge in [-0.1, -0.05) is 56.3 Å². The fourth-order valence-corrected chi connectivity index (χ4v) is 4.93. The van der Waals surface area contributed by atoms with Gasteiger partial charge in [-0.05, 0) is 48.6 Å². The van der Waals surface area contributed by atoms with Gasteiger partial charge in [0, 0.05) is 5.69 Å². The molecule has 0 aliphatic heterocycles. The van der Waals surface area contributed by atoms with Crippen LogP contribution in [0, 0.1) is 6.92 Å². The summed E-state index contributed by atoms with van der Waals surface area (Å²) in [6.07, 6.45) is 2.70. The number of fused-ring (bicyclic) bond motifs is 1. The molecule has 0 bridgehead atoms. The quantitative estimate of drug-likeness (QED) is 0.340. The van der Waals surface area contributed by atoms with Crippen LogP contribution in [0.2, 0.25) is 0 Å². The summed E-state index contributed by atoms with van der Waals surface area (Å²) in [5.41, 5.74) is 2.88. The van der Waals surface area contributed by atoms with Gasteiger partial charge in [0.2, 0.25) is 5.91 Å². The lowest BCUT2D eigenvalue weighted by atomic mass is 10.1. The first-order valence-corrected chi connectivity index (χ1v) is 12.4. The van der Waals surface area contributed by atoms with Gasteiger partial charge in [0.05, 0.1) is 11.7 Å². The fourth-order valence-electron chi connectivity index (χ4n) is 3.90. The molecule has 7 nitrogen and oxygen atoms in total. The maximum absolute atomic E-state index is 13.4.